The first-order valence-electron chi connectivity index (χ1n) is 9.86. The third-order valence-electron chi connectivity index (χ3n) is 4.91. The molecule has 1 saturated heterocycles. The first kappa shape index (κ1) is 22.2. The summed E-state index contributed by atoms with van der Waals surface area (Å²) < 4.78 is 0. The number of aryl methyl sites for hydroxylation is 1. The van der Waals surface area contributed by atoms with Crippen molar-refractivity contribution in [3.63, 3.8) is 0 Å². The van der Waals surface area contributed by atoms with Crippen LogP contribution in [0.15, 0.2) is 24.3 Å². The van der Waals surface area contributed by atoms with Crippen LogP contribution in [0.1, 0.15) is 60.5 Å². The lowest BCUT2D eigenvalue weighted by Gasteiger charge is -2.23. The lowest BCUT2D eigenvalue weighted by Crippen LogP contribution is -2.33. The number of carboxylic acids is 1. The maximum Gasteiger partial charge on any atom is 0.345 e. The van der Waals surface area contributed by atoms with E-state index in [0.717, 1.165) is 30.6 Å². The summed E-state index contributed by atoms with van der Waals surface area (Å²) in [4.78, 5) is 26.4. The van der Waals surface area contributed by atoms with Gasteiger partial charge in [-0.3, -0.25) is 4.79 Å². The van der Waals surface area contributed by atoms with Crippen molar-refractivity contribution in [1.82, 2.24) is 4.90 Å². The van der Waals surface area contributed by atoms with Gasteiger partial charge in [0.15, 0.2) is 0 Å². The van der Waals surface area contributed by atoms with Gasteiger partial charge < -0.3 is 15.1 Å². The molecule has 0 bridgehead atoms. The summed E-state index contributed by atoms with van der Waals surface area (Å²) in [5, 5.41) is 19.3. The quantitative estimate of drug-likeness (QED) is 0.486. The van der Waals surface area contributed by atoms with E-state index >= 15 is 0 Å². The number of carbonyl (C=O) groups excluding carboxylic acids is 1. The summed E-state index contributed by atoms with van der Waals surface area (Å²) in [6.45, 7) is 4.62. The minimum Gasteiger partial charge on any atom is -0.477 e. The van der Waals surface area contributed by atoms with Crippen LogP contribution >= 0.6 is 11.3 Å². The van der Waals surface area contributed by atoms with Crippen LogP contribution in [0, 0.1) is 17.8 Å². The van der Waals surface area contributed by atoms with E-state index in [1.165, 1.54) is 11.3 Å². The Bertz CT molecular complexity index is 758. The maximum atomic E-state index is 12.2. The topological polar surface area (TPSA) is 77.8 Å². The zero-order chi connectivity index (χ0) is 20.5. The summed E-state index contributed by atoms with van der Waals surface area (Å²) in [6.07, 6.45) is 7.52. The van der Waals surface area contributed by atoms with Gasteiger partial charge in [-0.05, 0) is 37.3 Å². The van der Waals surface area contributed by atoms with E-state index in [1.54, 1.807) is 12.1 Å². The van der Waals surface area contributed by atoms with Crippen LogP contribution in [0.3, 0.4) is 0 Å². The Hall–Kier alpha value is -2.10. The Morgan fingerprint density at radius 3 is 2.89 bits per heavy atom. The molecule has 1 aliphatic rings. The highest BCUT2D eigenvalue weighted by Gasteiger charge is 2.28. The van der Waals surface area contributed by atoms with E-state index in [0.29, 0.717) is 24.3 Å². The average Bonchev–Trinajstić information content (AvgIpc) is 3.27. The normalized spacial score (nSPS) is 18.9. The molecule has 0 saturated carbocycles. The van der Waals surface area contributed by atoms with Gasteiger partial charge in [0.25, 0.3) is 0 Å². The fourth-order valence-corrected chi connectivity index (χ4v) is 4.10. The monoisotopic (exact) mass is 403 g/mol. The molecule has 1 aliphatic heterocycles. The molecule has 2 rings (SSSR count). The van der Waals surface area contributed by atoms with Crippen LogP contribution in [0.25, 0.3) is 0 Å². The molecule has 152 valence electrons. The third kappa shape index (κ3) is 6.50. The maximum absolute atomic E-state index is 12.2. The van der Waals surface area contributed by atoms with Crippen molar-refractivity contribution in [2.45, 2.75) is 64.5 Å². The van der Waals surface area contributed by atoms with Crippen LogP contribution in [0.2, 0.25) is 0 Å². The van der Waals surface area contributed by atoms with Crippen LogP contribution in [-0.2, 0) is 11.2 Å². The molecular weight excluding hydrogens is 374 g/mol. The molecule has 1 amide bonds. The van der Waals surface area contributed by atoms with E-state index in [2.05, 4.69) is 11.8 Å². The minimum atomic E-state index is -0.898. The Labute approximate surface area is 171 Å². The number of hydrogen-bond acceptors (Lipinski definition) is 4. The Balaban J connectivity index is 1.85. The number of carbonyl (C=O) groups is 2. The molecule has 1 unspecified atom stereocenters. The molecule has 0 spiro atoms. The zero-order valence-electron chi connectivity index (χ0n) is 16.6. The SMILES string of the molecule is CCC#CC[C@@H](C)[C@H](O)C=CC1CCC(=O)N1CCCc1ccc(C(=O)O)s1. The molecule has 0 aliphatic carbocycles. The highest BCUT2D eigenvalue weighted by atomic mass is 32.1. The van der Waals surface area contributed by atoms with Gasteiger partial charge in [0, 0.05) is 30.7 Å². The van der Waals surface area contributed by atoms with Crippen molar-refractivity contribution in [1.29, 1.82) is 0 Å². The number of aliphatic hydroxyl groups is 1. The molecule has 0 radical (unpaired) electrons. The summed E-state index contributed by atoms with van der Waals surface area (Å²) in [6, 6.07) is 3.49. The molecule has 28 heavy (non-hydrogen) atoms. The smallest absolute Gasteiger partial charge is 0.345 e. The van der Waals surface area contributed by atoms with Crippen LogP contribution in [0.5, 0.6) is 0 Å². The van der Waals surface area contributed by atoms with Crippen LogP contribution in [-0.4, -0.2) is 45.7 Å². The first-order valence-corrected chi connectivity index (χ1v) is 10.7. The van der Waals surface area contributed by atoms with Crippen molar-refractivity contribution >= 4 is 23.2 Å². The lowest BCUT2D eigenvalue weighted by molar-refractivity contribution is -0.128. The summed E-state index contributed by atoms with van der Waals surface area (Å²) >= 11 is 1.29. The summed E-state index contributed by atoms with van der Waals surface area (Å²) in [5.74, 6) is 5.39. The number of aromatic carboxylic acids is 1. The van der Waals surface area contributed by atoms with E-state index in [4.69, 9.17) is 5.11 Å². The number of rotatable bonds is 9. The molecule has 0 aromatic carbocycles. The molecule has 1 fully saturated rings. The third-order valence-corrected chi connectivity index (χ3v) is 6.04. The van der Waals surface area contributed by atoms with Gasteiger partial charge in [-0.2, -0.15) is 0 Å². The van der Waals surface area contributed by atoms with Gasteiger partial charge in [-0.15, -0.1) is 23.2 Å². The van der Waals surface area contributed by atoms with Crippen LogP contribution in [0.4, 0.5) is 0 Å². The average molecular weight is 404 g/mol. The molecule has 5 nitrogen and oxygen atoms in total. The van der Waals surface area contributed by atoms with E-state index in [-0.39, 0.29) is 17.9 Å². The predicted molar refractivity (Wildman–Crippen MR) is 111 cm³/mol. The predicted octanol–water partition coefficient (Wildman–Crippen LogP) is 3.73. The van der Waals surface area contributed by atoms with E-state index in [9.17, 15) is 14.7 Å². The van der Waals surface area contributed by atoms with Gasteiger partial charge in [0.05, 0.1) is 12.1 Å². The number of hydrogen-bond donors (Lipinski definition) is 2. The first-order chi connectivity index (χ1) is 13.4. The zero-order valence-corrected chi connectivity index (χ0v) is 17.4. The lowest BCUT2D eigenvalue weighted by atomic mass is 10.00. The summed E-state index contributed by atoms with van der Waals surface area (Å²) in [7, 11) is 0. The number of thiophene rings is 1. The fourth-order valence-electron chi connectivity index (χ4n) is 3.21. The number of aliphatic hydroxyl groups excluding tert-OH is 1. The van der Waals surface area contributed by atoms with Crippen molar-refractivity contribution < 1.29 is 19.8 Å². The second-order valence-electron chi connectivity index (χ2n) is 7.13. The molecule has 3 atom stereocenters. The van der Waals surface area contributed by atoms with Gasteiger partial charge in [-0.25, -0.2) is 4.79 Å². The molecule has 2 heterocycles. The van der Waals surface area contributed by atoms with Crippen molar-refractivity contribution in [2.24, 2.45) is 5.92 Å². The standard InChI is InChI=1S/C22H29NO4S/c1-3-4-5-7-16(2)19(24)12-9-17-10-14-21(25)23(17)15-6-8-18-11-13-20(28-18)22(26)27/h9,11-13,16-17,19,24H,3,6-8,10,14-15H2,1-2H3,(H,26,27)/t16-,17?,19-/m1/s1. The summed E-state index contributed by atoms with van der Waals surface area (Å²) in [5.41, 5.74) is 0. The van der Waals surface area contributed by atoms with Crippen LogP contribution < -0.4 is 0 Å². The molecule has 6 heteroatoms. The van der Waals surface area contributed by atoms with Gasteiger partial charge >= 0.3 is 5.97 Å². The highest BCUT2D eigenvalue weighted by Crippen LogP contribution is 2.23. The van der Waals surface area contributed by atoms with E-state index in [1.807, 2.05) is 30.9 Å². The second kappa shape index (κ2) is 11.0. The highest BCUT2D eigenvalue weighted by molar-refractivity contribution is 7.13. The molecule has 1 aromatic rings. The van der Waals surface area contributed by atoms with Crippen molar-refractivity contribution in [3.05, 3.63) is 34.0 Å². The van der Waals surface area contributed by atoms with Crippen molar-refractivity contribution in [2.75, 3.05) is 6.54 Å². The van der Waals surface area contributed by atoms with Gasteiger partial charge in [-0.1, -0.05) is 26.0 Å². The molecular formula is C22H29NO4S. The van der Waals surface area contributed by atoms with E-state index < -0.39 is 12.1 Å². The number of amides is 1. The van der Waals surface area contributed by atoms with Gasteiger partial charge in [0.1, 0.15) is 4.88 Å². The Morgan fingerprint density at radius 2 is 2.21 bits per heavy atom. The minimum absolute atomic E-state index is 0.0222. The number of carboxylic acid groups (broad SMARTS) is 1. The molecule has 2 N–H and O–H groups in total. The van der Waals surface area contributed by atoms with Gasteiger partial charge in [0.2, 0.25) is 5.91 Å². The fraction of sp³-hybridized carbons (Fsp3) is 0.545. The van der Waals surface area contributed by atoms with Crippen molar-refractivity contribution in [3.8, 4) is 11.8 Å². The number of nitrogens with zero attached hydrogens (tertiary/aromatic N) is 1. The second-order valence-corrected chi connectivity index (χ2v) is 8.30. The molecule has 1 aromatic heterocycles. The Kier molecular flexibility index (Phi) is 8.75. The Morgan fingerprint density at radius 1 is 1.43 bits per heavy atom. The largest absolute Gasteiger partial charge is 0.477 e. The number of likely N-dealkylation sites (tertiary alicyclic amines) is 1.